The maximum absolute atomic E-state index is 13.4. The van der Waals surface area contributed by atoms with Gasteiger partial charge in [-0.2, -0.15) is 0 Å². The number of nitrogens with zero attached hydrogens (tertiary/aromatic N) is 2. The lowest BCUT2D eigenvalue weighted by Gasteiger charge is -2.23. The van der Waals surface area contributed by atoms with E-state index in [2.05, 4.69) is 20.9 Å². The van der Waals surface area contributed by atoms with Gasteiger partial charge in [-0.25, -0.2) is 9.37 Å². The van der Waals surface area contributed by atoms with Crippen LogP contribution in [0.3, 0.4) is 0 Å². The minimum absolute atomic E-state index is 0.0693. The minimum Gasteiger partial charge on any atom is -0.507 e. The number of hydrogen-bond acceptors (Lipinski definition) is 5. The van der Waals surface area contributed by atoms with Crippen molar-refractivity contribution in [2.24, 2.45) is 0 Å². The molecule has 5 rings (SSSR count). The fourth-order valence-corrected chi connectivity index (χ4v) is 5.42. The van der Waals surface area contributed by atoms with Crippen molar-refractivity contribution in [3.05, 3.63) is 99.3 Å². The van der Waals surface area contributed by atoms with E-state index in [1.807, 2.05) is 31.2 Å². The number of rotatable bonds is 3. The zero-order valence-corrected chi connectivity index (χ0v) is 19.7. The molecule has 0 aliphatic carbocycles. The van der Waals surface area contributed by atoms with Crippen molar-refractivity contribution in [3.8, 4) is 0 Å². The molecule has 1 N–H and O–H groups in total. The van der Waals surface area contributed by atoms with Crippen LogP contribution in [0.2, 0.25) is 0 Å². The molecule has 0 saturated carbocycles. The zero-order chi connectivity index (χ0) is 23.3. The molecule has 8 heteroatoms. The van der Waals surface area contributed by atoms with Crippen molar-refractivity contribution in [1.82, 2.24) is 4.98 Å². The molecule has 4 aromatic rings. The molecule has 1 atom stereocenters. The Kier molecular flexibility index (Phi) is 5.34. The number of halogens is 2. The van der Waals surface area contributed by atoms with E-state index in [1.54, 1.807) is 18.2 Å². The van der Waals surface area contributed by atoms with Crippen LogP contribution in [0.1, 0.15) is 22.7 Å². The first-order chi connectivity index (χ1) is 15.8. The van der Waals surface area contributed by atoms with E-state index < -0.39 is 23.5 Å². The molecule has 1 fully saturated rings. The quantitative estimate of drug-likeness (QED) is 0.199. The number of aliphatic hydroxyl groups is 1. The molecular formula is C25H16BrFN2O3S. The third-order valence-electron chi connectivity index (χ3n) is 5.47. The molecule has 1 saturated heterocycles. The third kappa shape index (κ3) is 3.75. The standard InChI is InChI=1S/C25H16BrFN2O3S/c1-13-5-10-18-19(11-13)33-25(28-18)29-21(15-3-2-4-16(26)12-15)20(23(31)24(29)32)22(30)14-6-8-17(27)9-7-14/h2-12,21,30H,1H3. The van der Waals surface area contributed by atoms with Crippen LogP contribution in [-0.2, 0) is 9.59 Å². The van der Waals surface area contributed by atoms with Gasteiger partial charge in [-0.05, 0) is 66.6 Å². The molecule has 5 nitrogen and oxygen atoms in total. The van der Waals surface area contributed by atoms with Crippen LogP contribution < -0.4 is 4.90 Å². The molecule has 0 radical (unpaired) electrons. The van der Waals surface area contributed by atoms with Gasteiger partial charge in [0.05, 0.1) is 21.8 Å². The van der Waals surface area contributed by atoms with Crippen molar-refractivity contribution in [2.45, 2.75) is 13.0 Å². The lowest BCUT2D eigenvalue weighted by Crippen LogP contribution is -2.29. The molecule has 2 heterocycles. The second kappa shape index (κ2) is 8.20. The molecule has 1 unspecified atom stereocenters. The topological polar surface area (TPSA) is 70.5 Å². The number of carbonyl (C=O) groups excluding carboxylic acids is 2. The third-order valence-corrected chi connectivity index (χ3v) is 6.98. The first kappa shape index (κ1) is 21.5. The average Bonchev–Trinajstić information content (AvgIpc) is 3.32. The number of amides is 1. The minimum atomic E-state index is -0.894. The molecule has 1 amide bonds. The van der Waals surface area contributed by atoms with Gasteiger partial charge < -0.3 is 5.11 Å². The fourth-order valence-electron chi connectivity index (χ4n) is 3.91. The van der Waals surface area contributed by atoms with Crippen molar-refractivity contribution in [3.63, 3.8) is 0 Å². The number of anilines is 1. The second-order valence-corrected chi connectivity index (χ2v) is 9.62. The average molecular weight is 523 g/mol. The Morgan fingerprint density at radius 2 is 1.85 bits per heavy atom. The van der Waals surface area contributed by atoms with Gasteiger partial charge in [0, 0.05) is 10.0 Å². The first-order valence-electron chi connectivity index (χ1n) is 10.0. The van der Waals surface area contributed by atoms with E-state index in [-0.39, 0.29) is 16.9 Å². The number of ketones is 1. The van der Waals surface area contributed by atoms with Gasteiger partial charge in [0.1, 0.15) is 11.6 Å². The zero-order valence-electron chi connectivity index (χ0n) is 17.3. The van der Waals surface area contributed by atoms with E-state index in [0.29, 0.717) is 16.2 Å². The summed E-state index contributed by atoms with van der Waals surface area (Å²) < 4.78 is 15.1. The van der Waals surface area contributed by atoms with Gasteiger partial charge in [0.15, 0.2) is 5.13 Å². The number of fused-ring (bicyclic) bond motifs is 1. The van der Waals surface area contributed by atoms with Crippen LogP contribution in [0.25, 0.3) is 16.0 Å². The summed E-state index contributed by atoms with van der Waals surface area (Å²) in [5, 5.41) is 11.4. The Balaban J connectivity index is 1.74. The number of carbonyl (C=O) groups is 2. The predicted molar refractivity (Wildman–Crippen MR) is 130 cm³/mol. The fraction of sp³-hybridized carbons (Fsp3) is 0.0800. The van der Waals surface area contributed by atoms with E-state index in [0.717, 1.165) is 14.7 Å². The van der Waals surface area contributed by atoms with Crippen molar-refractivity contribution in [1.29, 1.82) is 0 Å². The van der Waals surface area contributed by atoms with Crippen LogP contribution in [0, 0.1) is 12.7 Å². The van der Waals surface area contributed by atoms with E-state index in [4.69, 9.17) is 0 Å². The molecule has 1 aliphatic heterocycles. The second-order valence-electron chi connectivity index (χ2n) is 7.70. The Bertz CT molecular complexity index is 1460. The van der Waals surface area contributed by atoms with Gasteiger partial charge in [-0.1, -0.05) is 45.5 Å². The first-order valence-corrected chi connectivity index (χ1v) is 11.6. The number of aliphatic hydroxyl groups excluding tert-OH is 1. The van der Waals surface area contributed by atoms with Gasteiger partial charge in [-0.3, -0.25) is 14.5 Å². The summed E-state index contributed by atoms with van der Waals surface area (Å²) in [7, 11) is 0. The summed E-state index contributed by atoms with van der Waals surface area (Å²) in [6.07, 6.45) is 0. The maximum Gasteiger partial charge on any atom is 0.301 e. The van der Waals surface area contributed by atoms with Crippen LogP contribution >= 0.6 is 27.3 Å². The van der Waals surface area contributed by atoms with Crippen molar-refractivity contribution >= 4 is 60.1 Å². The monoisotopic (exact) mass is 522 g/mol. The smallest absolute Gasteiger partial charge is 0.301 e. The predicted octanol–water partition coefficient (Wildman–Crippen LogP) is 6.13. The van der Waals surface area contributed by atoms with Gasteiger partial charge >= 0.3 is 5.91 Å². The molecule has 1 aliphatic rings. The van der Waals surface area contributed by atoms with Crippen LogP contribution in [0.5, 0.6) is 0 Å². The Labute approximate surface area is 200 Å². The van der Waals surface area contributed by atoms with Crippen LogP contribution in [-0.4, -0.2) is 21.8 Å². The van der Waals surface area contributed by atoms with E-state index in [1.165, 1.54) is 40.5 Å². The number of hydrogen-bond donors (Lipinski definition) is 1. The van der Waals surface area contributed by atoms with Gasteiger partial charge in [0.25, 0.3) is 5.78 Å². The lowest BCUT2D eigenvalue weighted by molar-refractivity contribution is -0.132. The molecule has 33 heavy (non-hydrogen) atoms. The maximum atomic E-state index is 13.4. The highest BCUT2D eigenvalue weighted by Gasteiger charge is 2.48. The van der Waals surface area contributed by atoms with Gasteiger partial charge in [0.2, 0.25) is 0 Å². The summed E-state index contributed by atoms with van der Waals surface area (Å²) in [4.78, 5) is 32.4. The molecule has 3 aromatic carbocycles. The van der Waals surface area contributed by atoms with Gasteiger partial charge in [-0.15, -0.1) is 0 Å². The molecule has 0 spiro atoms. The largest absolute Gasteiger partial charge is 0.507 e. The van der Waals surface area contributed by atoms with Crippen molar-refractivity contribution < 1.29 is 19.1 Å². The highest BCUT2D eigenvalue weighted by atomic mass is 79.9. The number of aromatic nitrogens is 1. The normalized spacial score (nSPS) is 17.8. The summed E-state index contributed by atoms with van der Waals surface area (Å²) in [5.74, 6) is -2.44. The highest BCUT2D eigenvalue weighted by Crippen LogP contribution is 2.44. The lowest BCUT2D eigenvalue weighted by atomic mass is 9.95. The number of Topliss-reactive ketones (excluding diaryl/α,β-unsaturated/α-hetero) is 1. The summed E-state index contributed by atoms with van der Waals surface area (Å²) in [5.41, 5.74) is 2.57. The Morgan fingerprint density at radius 1 is 1.09 bits per heavy atom. The number of thiazole rings is 1. The van der Waals surface area contributed by atoms with E-state index >= 15 is 0 Å². The Morgan fingerprint density at radius 3 is 2.58 bits per heavy atom. The number of benzene rings is 3. The molecule has 164 valence electrons. The SMILES string of the molecule is Cc1ccc2nc(N3C(=O)C(=O)C(=C(O)c4ccc(F)cc4)C3c3cccc(Br)c3)sc2c1. The molecular weight excluding hydrogens is 507 g/mol. The molecule has 1 aromatic heterocycles. The van der Waals surface area contributed by atoms with Crippen LogP contribution in [0.4, 0.5) is 9.52 Å². The number of aryl methyl sites for hydroxylation is 1. The summed E-state index contributed by atoms with van der Waals surface area (Å²) >= 11 is 4.74. The summed E-state index contributed by atoms with van der Waals surface area (Å²) in [6, 6.07) is 17.2. The summed E-state index contributed by atoms with van der Waals surface area (Å²) in [6.45, 7) is 1.97. The Hall–Kier alpha value is -3.36. The van der Waals surface area contributed by atoms with Crippen molar-refractivity contribution in [2.75, 3.05) is 4.90 Å². The highest BCUT2D eigenvalue weighted by molar-refractivity contribution is 9.10. The van der Waals surface area contributed by atoms with Crippen LogP contribution in [0.15, 0.2) is 76.8 Å². The van der Waals surface area contributed by atoms with E-state index in [9.17, 15) is 19.1 Å². The molecule has 0 bridgehead atoms.